The molecule has 1 aromatic rings. The lowest BCUT2D eigenvalue weighted by Crippen LogP contribution is -1.76. The van der Waals surface area contributed by atoms with Crippen molar-refractivity contribution in [3.05, 3.63) is 16.1 Å². The molecule has 0 saturated heterocycles. The van der Waals surface area contributed by atoms with E-state index in [9.17, 15) is 0 Å². The van der Waals surface area contributed by atoms with E-state index in [0.717, 1.165) is 12.1 Å². The Morgan fingerprint density at radius 3 is 2.75 bits per heavy atom. The van der Waals surface area contributed by atoms with Crippen molar-refractivity contribution in [2.45, 2.75) is 20.3 Å². The zero-order chi connectivity index (χ0) is 5.98. The first-order chi connectivity index (χ1) is 3.84. The summed E-state index contributed by atoms with van der Waals surface area (Å²) in [5.41, 5.74) is 3.98. The van der Waals surface area contributed by atoms with Gasteiger partial charge in [0.2, 0.25) is 0 Å². The minimum Gasteiger partial charge on any atom is -0.239 e. The van der Waals surface area contributed by atoms with Gasteiger partial charge < -0.3 is 0 Å². The Balaban J connectivity index is 2.92. The molecule has 0 aliphatic carbocycles. The number of thiazole rings is 1. The molecule has 1 rings (SSSR count). The van der Waals surface area contributed by atoms with Gasteiger partial charge >= 0.3 is 0 Å². The number of rotatable bonds is 1. The molecule has 0 spiro atoms. The largest absolute Gasteiger partial charge is 0.239 e. The maximum Gasteiger partial charge on any atom is 0.152 e. The van der Waals surface area contributed by atoms with Gasteiger partial charge in [-0.2, -0.15) is 0 Å². The van der Waals surface area contributed by atoms with Gasteiger partial charge in [-0.05, 0) is 13.3 Å². The zero-order valence-corrected chi connectivity index (χ0v) is 5.88. The van der Waals surface area contributed by atoms with Gasteiger partial charge in [-0.25, -0.2) is 4.98 Å². The fourth-order valence-corrected chi connectivity index (χ4v) is 1.24. The van der Waals surface area contributed by atoms with Crippen LogP contribution in [0.15, 0.2) is 0 Å². The zero-order valence-electron chi connectivity index (χ0n) is 5.06. The first kappa shape index (κ1) is 5.76. The highest BCUT2D eigenvalue weighted by molar-refractivity contribution is 7.09. The molecule has 0 aromatic carbocycles. The van der Waals surface area contributed by atoms with Crippen molar-refractivity contribution in [3.63, 3.8) is 0 Å². The van der Waals surface area contributed by atoms with Crippen molar-refractivity contribution >= 4 is 11.3 Å². The lowest BCUT2D eigenvalue weighted by molar-refractivity contribution is 1.11. The van der Waals surface area contributed by atoms with Crippen LogP contribution in [0.5, 0.6) is 0 Å². The third kappa shape index (κ3) is 0.892. The predicted molar refractivity (Wildman–Crippen MR) is 35.1 cm³/mol. The van der Waals surface area contributed by atoms with Crippen molar-refractivity contribution in [1.29, 1.82) is 0 Å². The van der Waals surface area contributed by atoms with E-state index in [-0.39, 0.29) is 0 Å². The van der Waals surface area contributed by atoms with Gasteiger partial charge in [0.1, 0.15) is 0 Å². The van der Waals surface area contributed by atoms with Crippen LogP contribution in [0, 0.1) is 12.4 Å². The van der Waals surface area contributed by atoms with Crippen LogP contribution in [0.25, 0.3) is 0 Å². The number of hydrogen-bond acceptors (Lipinski definition) is 2. The molecule has 0 amide bonds. The summed E-state index contributed by atoms with van der Waals surface area (Å²) in [6.45, 7) is 4.15. The summed E-state index contributed by atoms with van der Waals surface area (Å²) in [6.07, 6.45) is 1.09. The second-order valence-electron chi connectivity index (χ2n) is 1.67. The fraction of sp³-hybridized carbons (Fsp3) is 0.500. The summed E-state index contributed by atoms with van der Waals surface area (Å²) < 4.78 is 0. The number of nitrogens with zero attached hydrogens (tertiary/aromatic N) is 1. The second kappa shape index (κ2) is 2.27. The van der Waals surface area contributed by atoms with Gasteiger partial charge in [0.15, 0.2) is 5.51 Å². The van der Waals surface area contributed by atoms with Crippen LogP contribution in [0.4, 0.5) is 0 Å². The summed E-state index contributed by atoms with van der Waals surface area (Å²) in [7, 11) is 0. The van der Waals surface area contributed by atoms with Gasteiger partial charge in [0.05, 0.1) is 5.69 Å². The molecule has 8 heavy (non-hydrogen) atoms. The van der Waals surface area contributed by atoms with Crippen LogP contribution >= 0.6 is 11.3 Å². The average Bonchev–Trinajstić information content (AvgIpc) is 2.14. The molecule has 0 N–H and O–H groups in total. The normalized spacial score (nSPS) is 9.75. The molecule has 2 heteroatoms. The third-order valence-electron chi connectivity index (χ3n) is 1.11. The molecule has 0 unspecified atom stereocenters. The summed E-state index contributed by atoms with van der Waals surface area (Å²) >= 11 is 1.61. The van der Waals surface area contributed by atoms with E-state index in [1.165, 1.54) is 4.88 Å². The molecule has 43 valence electrons. The SMILES string of the molecule is CCc1s[c]nc1C. The van der Waals surface area contributed by atoms with E-state index >= 15 is 0 Å². The van der Waals surface area contributed by atoms with Crippen molar-refractivity contribution < 1.29 is 0 Å². The maximum atomic E-state index is 3.98. The first-order valence-corrected chi connectivity index (χ1v) is 3.48. The van der Waals surface area contributed by atoms with Crippen molar-refractivity contribution in [2.24, 2.45) is 0 Å². The van der Waals surface area contributed by atoms with Gasteiger partial charge in [-0.15, -0.1) is 11.3 Å². The predicted octanol–water partition coefficient (Wildman–Crippen LogP) is 1.81. The highest BCUT2D eigenvalue weighted by Crippen LogP contribution is 2.10. The van der Waals surface area contributed by atoms with Crippen LogP contribution in [-0.4, -0.2) is 4.98 Å². The van der Waals surface area contributed by atoms with Crippen LogP contribution in [0.2, 0.25) is 0 Å². The quantitative estimate of drug-likeness (QED) is 0.559. The van der Waals surface area contributed by atoms with Gasteiger partial charge in [-0.1, -0.05) is 6.92 Å². The molecule has 0 aliphatic rings. The summed E-state index contributed by atoms with van der Waals surface area (Å²) in [5.74, 6) is 0. The highest BCUT2D eigenvalue weighted by Gasteiger charge is 1.95. The molecule has 0 saturated carbocycles. The van der Waals surface area contributed by atoms with Gasteiger partial charge in [0.25, 0.3) is 0 Å². The number of aromatic nitrogens is 1. The van der Waals surface area contributed by atoms with Crippen LogP contribution in [-0.2, 0) is 6.42 Å². The third-order valence-corrected chi connectivity index (χ3v) is 2.12. The number of hydrogen-bond donors (Lipinski definition) is 0. The van der Waals surface area contributed by atoms with E-state index in [4.69, 9.17) is 0 Å². The minimum atomic E-state index is 1.09. The molecule has 1 nitrogen and oxygen atoms in total. The highest BCUT2D eigenvalue weighted by atomic mass is 32.1. The fourth-order valence-electron chi connectivity index (χ4n) is 0.611. The lowest BCUT2D eigenvalue weighted by atomic mass is 10.3. The molecule has 0 aliphatic heterocycles. The lowest BCUT2D eigenvalue weighted by Gasteiger charge is -1.85. The molecule has 1 heterocycles. The Hall–Kier alpha value is -0.370. The monoisotopic (exact) mass is 126 g/mol. The van der Waals surface area contributed by atoms with Crippen molar-refractivity contribution in [3.8, 4) is 0 Å². The molecule has 0 atom stereocenters. The topological polar surface area (TPSA) is 12.9 Å². The Morgan fingerprint density at radius 1 is 1.75 bits per heavy atom. The second-order valence-corrected chi connectivity index (χ2v) is 2.55. The average molecular weight is 126 g/mol. The van der Waals surface area contributed by atoms with Crippen LogP contribution < -0.4 is 0 Å². The molecule has 1 aromatic heterocycles. The van der Waals surface area contributed by atoms with Gasteiger partial charge in [0, 0.05) is 4.88 Å². The maximum absolute atomic E-state index is 3.98. The first-order valence-electron chi connectivity index (χ1n) is 2.67. The van der Waals surface area contributed by atoms with E-state index < -0.39 is 0 Å². The molecule has 1 radical (unpaired) electrons. The Kier molecular flexibility index (Phi) is 1.63. The smallest absolute Gasteiger partial charge is 0.152 e. The Labute approximate surface area is 53.4 Å². The van der Waals surface area contributed by atoms with Crippen LogP contribution in [0.3, 0.4) is 0 Å². The molecule has 0 fully saturated rings. The van der Waals surface area contributed by atoms with Crippen LogP contribution in [0.1, 0.15) is 17.5 Å². The Bertz CT molecular complexity index is 169. The number of aryl methyl sites for hydroxylation is 2. The van der Waals surface area contributed by atoms with Gasteiger partial charge in [-0.3, -0.25) is 0 Å². The summed E-state index contributed by atoms with van der Waals surface area (Å²) in [5, 5.41) is 0. The Morgan fingerprint density at radius 2 is 2.50 bits per heavy atom. The standard InChI is InChI=1S/C6H8NS/c1-3-6-5(2)7-4-8-6/h3H2,1-2H3. The molecular formula is C6H8NS. The van der Waals surface area contributed by atoms with E-state index in [1.807, 2.05) is 6.92 Å². The van der Waals surface area contributed by atoms with Crippen molar-refractivity contribution in [1.82, 2.24) is 4.98 Å². The van der Waals surface area contributed by atoms with E-state index in [1.54, 1.807) is 11.3 Å². The molecule has 0 bridgehead atoms. The summed E-state index contributed by atoms with van der Waals surface area (Å²) in [4.78, 5) is 5.33. The van der Waals surface area contributed by atoms with E-state index in [0.29, 0.717) is 0 Å². The van der Waals surface area contributed by atoms with Crippen molar-refractivity contribution in [2.75, 3.05) is 0 Å². The minimum absolute atomic E-state index is 1.09. The molecular weight excluding hydrogens is 118 g/mol. The van der Waals surface area contributed by atoms with E-state index in [2.05, 4.69) is 17.4 Å². The summed E-state index contributed by atoms with van der Waals surface area (Å²) in [6, 6.07) is 0.